The smallest absolute Gasteiger partial charge is 0.253 e. The van der Waals surface area contributed by atoms with Crippen molar-refractivity contribution in [3.63, 3.8) is 0 Å². The number of aromatic nitrogens is 2. The molecule has 0 saturated carbocycles. The number of nitrogens with zero attached hydrogens (tertiary/aromatic N) is 3. The Labute approximate surface area is 208 Å². The number of fused-ring (bicyclic) bond motifs is 1. The second-order valence-corrected chi connectivity index (χ2v) is 9.78. The molecule has 8 nitrogen and oxygen atoms in total. The van der Waals surface area contributed by atoms with Gasteiger partial charge in [-0.15, -0.1) is 0 Å². The van der Waals surface area contributed by atoms with Crippen molar-refractivity contribution in [2.75, 3.05) is 19.0 Å². The first kappa shape index (κ1) is 25.1. The van der Waals surface area contributed by atoms with Crippen molar-refractivity contribution in [1.29, 1.82) is 0 Å². The van der Waals surface area contributed by atoms with Crippen molar-refractivity contribution >= 4 is 17.5 Å². The van der Waals surface area contributed by atoms with Gasteiger partial charge in [0, 0.05) is 24.5 Å². The molecule has 0 saturated heterocycles. The van der Waals surface area contributed by atoms with Crippen molar-refractivity contribution in [2.45, 2.75) is 45.2 Å². The molecular formula is C27H29FN4O4. The van der Waals surface area contributed by atoms with E-state index in [0.717, 1.165) is 5.56 Å². The highest BCUT2D eigenvalue weighted by Crippen LogP contribution is 2.34. The van der Waals surface area contributed by atoms with Crippen molar-refractivity contribution in [3.8, 4) is 5.75 Å². The summed E-state index contributed by atoms with van der Waals surface area (Å²) in [6, 6.07) is 10.2. The van der Waals surface area contributed by atoms with E-state index in [1.165, 1.54) is 34.1 Å². The normalized spacial score (nSPS) is 15.2. The van der Waals surface area contributed by atoms with Gasteiger partial charge in [-0.1, -0.05) is 32.9 Å². The second-order valence-electron chi connectivity index (χ2n) is 9.78. The molecule has 188 valence electrons. The number of rotatable bonds is 5. The third-order valence-electron chi connectivity index (χ3n) is 6.29. The molecule has 1 aliphatic rings. The summed E-state index contributed by atoms with van der Waals surface area (Å²) >= 11 is 0. The van der Waals surface area contributed by atoms with Crippen molar-refractivity contribution in [3.05, 3.63) is 87.9 Å². The maximum atomic E-state index is 14.8. The number of nitrogens with one attached hydrogen (secondary N) is 1. The highest BCUT2D eigenvalue weighted by Gasteiger charge is 2.36. The first-order chi connectivity index (χ1) is 17.1. The number of halogens is 1. The summed E-state index contributed by atoms with van der Waals surface area (Å²) < 4.78 is 21.3. The number of carbonyl (C=O) groups excluding carboxylic acids is 2. The van der Waals surface area contributed by atoms with Crippen molar-refractivity contribution < 1.29 is 18.7 Å². The molecule has 3 aromatic rings. The average molecular weight is 493 g/mol. The van der Waals surface area contributed by atoms with E-state index in [0.29, 0.717) is 29.0 Å². The van der Waals surface area contributed by atoms with Gasteiger partial charge in [0.2, 0.25) is 5.91 Å². The van der Waals surface area contributed by atoms with Crippen LogP contribution in [-0.2, 0) is 28.0 Å². The fourth-order valence-electron chi connectivity index (χ4n) is 4.43. The SMILES string of the molecule is COc1ccc2c(c1)CCN(C(=O)Cn1cnccc1=O)[C@H]2C(=O)Nc1ccc(C(C)(C)C)c(F)c1. The summed E-state index contributed by atoms with van der Waals surface area (Å²) in [4.78, 5) is 44.3. The summed E-state index contributed by atoms with van der Waals surface area (Å²) in [7, 11) is 1.56. The third kappa shape index (κ3) is 5.15. The molecule has 0 radical (unpaired) electrons. The van der Waals surface area contributed by atoms with Crippen molar-refractivity contribution in [2.24, 2.45) is 0 Å². The summed E-state index contributed by atoms with van der Waals surface area (Å²) in [6.45, 7) is 5.75. The first-order valence-corrected chi connectivity index (χ1v) is 11.7. The van der Waals surface area contributed by atoms with Gasteiger partial charge in [-0.05, 0) is 52.8 Å². The van der Waals surface area contributed by atoms with Crippen LogP contribution >= 0.6 is 0 Å². The zero-order valence-electron chi connectivity index (χ0n) is 20.7. The molecule has 0 spiro atoms. The van der Waals surface area contributed by atoms with E-state index in [4.69, 9.17) is 4.74 Å². The maximum absolute atomic E-state index is 14.8. The lowest BCUT2D eigenvalue weighted by atomic mass is 9.86. The number of carbonyl (C=O) groups is 2. The molecule has 0 bridgehead atoms. The Morgan fingerprint density at radius 3 is 2.61 bits per heavy atom. The summed E-state index contributed by atoms with van der Waals surface area (Å²) in [6.07, 6.45) is 3.16. The van der Waals surface area contributed by atoms with Crippen LogP contribution in [0.4, 0.5) is 10.1 Å². The number of hydrogen-bond donors (Lipinski definition) is 1. The van der Waals surface area contributed by atoms with Gasteiger partial charge in [0.05, 0.1) is 13.4 Å². The highest BCUT2D eigenvalue weighted by atomic mass is 19.1. The Morgan fingerprint density at radius 1 is 1.17 bits per heavy atom. The Balaban J connectivity index is 1.67. The quantitative estimate of drug-likeness (QED) is 0.589. The van der Waals surface area contributed by atoms with E-state index in [1.807, 2.05) is 26.8 Å². The predicted molar refractivity (Wildman–Crippen MR) is 133 cm³/mol. The van der Waals surface area contributed by atoms with Gasteiger partial charge in [-0.25, -0.2) is 9.37 Å². The van der Waals surface area contributed by atoms with Gasteiger partial charge in [0.15, 0.2) is 0 Å². The number of hydrogen-bond acceptors (Lipinski definition) is 5. The monoisotopic (exact) mass is 492 g/mol. The zero-order chi connectivity index (χ0) is 26.0. The fraction of sp³-hybridized carbons (Fsp3) is 0.333. The summed E-state index contributed by atoms with van der Waals surface area (Å²) in [5.41, 5.74) is 1.61. The molecule has 0 unspecified atom stereocenters. The number of anilines is 1. The van der Waals surface area contributed by atoms with Crippen LogP contribution in [0.25, 0.3) is 0 Å². The van der Waals surface area contributed by atoms with Gasteiger partial charge in [0.1, 0.15) is 24.2 Å². The molecule has 2 aromatic carbocycles. The predicted octanol–water partition coefficient (Wildman–Crippen LogP) is 3.45. The molecule has 4 rings (SSSR count). The van der Waals surface area contributed by atoms with Crippen LogP contribution in [0.1, 0.15) is 43.5 Å². The van der Waals surface area contributed by atoms with Crippen LogP contribution in [0.15, 0.2) is 59.8 Å². The van der Waals surface area contributed by atoms with Crippen LogP contribution in [0.5, 0.6) is 5.75 Å². The summed E-state index contributed by atoms with van der Waals surface area (Å²) in [5.74, 6) is -0.649. The van der Waals surface area contributed by atoms with Crippen LogP contribution in [0, 0.1) is 5.82 Å². The number of benzene rings is 2. The average Bonchev–Trinajstić information content (AvgIpc) is 2.83. The van der Waals surface area contributed by atoms with E-state index in [1.54, 1.807) is 31.4 Å². The lowest BCUT2D eigenvalue weighted by Crippen LogP contribution is -2.47. The molecule has 1 N–H and O–H groups in total. The number of methoxy groups -OCH3 is 1. The molecule has 0 aliphatic carbocycles. The largest absolute Gasteiger partial charge is 0.497 e. The second kappa shape index (κ2) is 9.93. The van der Waals surface area contributed by atoms with E-state index in [9.17, 15) is 18.8 Å². The molecule has 2 heterocycles. The molecule has 1 aliphatic heterocycles. The van der Waals surface area contributed by atoms with E-state index < -0.39 is 23.7 Å². The molecule has 9 heteroatoms. The fourth-order valence-corrected chi connectivity index (χ4v) is 4.43. The Morgan fingerprint density at radius 2 is 1.94 bits per heavy atom. The maximum Gasteiger partial charge on any atom is 0.253 e. The van der Waals surface area contributed by atoms with Gasteiger partial charge < -0.3 is 15.0 Å². The van der Waals surface area contributed by atoms with Crippen LogP contribution in [0.3, 0.4) is 0 Å². The van der Waals surface area contributed by atoms with Gasteiger partial charge in [-0.2, -0.15) is 0 Å². The summed E-state index contributed by atoms with van der Waals surface area (Å²) in [5, 5.41) is 2.78. The molecule has 0 fully saturated rings. The van der Waals surface area contributed by atoms with E-state index >= 15 is 0 Å². The van der Waals surface area contributed by atoms with Crippen LogP contribution in [0.2, 0.25) is 0 Å². The van der Waals surface area contributed by atoms with Crippen molar-refractivity contribution in [1.82, 2.24) is 14.5 Å². The molecule has 2 amide bonds. The van der Waals surface area contributed by atoms with Crippen LogP contribution in [-0.4, -0.2) is 39.9 Å². The lowest BCUT2D eigenvalue weighted by molar-refractivity contribution is -0.140. The number of ether oxygens (including phenoxy) is 1. The minimum atomic E-state index is -0.968. The first-order valence-electron chi connectivity index (χ1n) is 11.7. The van der Waals surface area contributed by atoms with Gasteiger partial charge >= 0.3 is 0 Å². The third-order valence-corrected chi connectivity index (χ3v) is 6.29. The Kier molecular flexibility index (Phi) is 6.92. The topological polar surface area (TPSA) is 93.5 Å². The molecule has 1 atom stereocenters. The molecule has 1 aromatic heterocycles. The Bertz CT molecular complexity index is 1360. The lowest BCUT2D eigenvalue weighted by Gasteiger charge is -2.36. The highest BCUT2D eigenvalue weighted by molar-refractivity contribution is 5.98. The van der Waals surface area contributed by atoms with Gasteiger partial charge in [0.25, 0.3) is 11.5 Å². The zero-order valence-corrected chi connectivity index (χ0v) is 20.7. The van der Waals surface area contributed by atoms with Crippen LogP contribution < -0.4 is 15.6 Å². The standard InChI is InChI=1S/C27H29FN4O4/c1-27(2,3)21-8-5-18(14-22(21)28)30-26(35)25-20-7-6-19(36-4)13-17(20)10-12-32(25)24(34)15-31-16-29-11-9-23(31)33/h5-9,11,13-14,16,25H,10,12,15H2,1-4H3,(H,30,35)/t25-/m1/s1. The van der Waals surface area contributed by atoms with E-state index in [2.05, 4.69) is 10.3 Å². The minimum absolute atomic E-state index is 0.253. The number of amides is 2. The molecule has 36 heavy (non-hydrogen) atoms. The van der Waals surface area contributed by atoms with E-state index in [-0.39, 0.29) is 24.1 Å². The molecular weight excluding hydrogens is 463 g/mol. The minimum Gasteiger partial charge on any atom is -0.497 e. The Hall–Kier alpha value is -4.01. The van der Waals surface area contributed by atoms with Gasteiger partial charge in [-0.3, -0.25) is 19.0 Å².